The highest BCUT2D eigenvalue weighted by Crippen LogP contribution is 2.24. The Balaban J connectivity index is 2.71. The maximum Gasteiger partial charge on any atom is 0.124 e. The Kier molecular flexibility index (Phi) is 5.25. The van der Waals surface area contributed by atoms with Gasteiger partial charge in [-0.3, -0.25) is 0 Å². The van der Waals surface area contributed by atoms with Gasteiger partial charge in [0.05, 0.1) is 6.61 Å². The van der Waals surface area contributed by atoms with E-state index in [1.165, 1.54) is 0 Å². The number of aliphatic hydroxyl groups is 2. The van der Waals surface area contributed by atoms with Gasteiger partial charge in [-0.15, -0.1) is 0 Å². The third-order valence-electron chi connectivity index (χ3n) is 2.46. The van der Waals surface area contributed by atoms with Gasteiger partial charge in [0.15, 0.2) is 0 Å². The van der Waals surface area contributed by atoms with Gasteiger partial charge < -0.3 is 20.3 Å². The van der Waals surface area contributed by atoms with Crippen molar-refractivity contribution in [1.29, 1.82) is 0 Å². The minimum Gasteiger partial charge on any atom is -0.490 e. The molecule has 0 spiro atoms. The van der Waals surface area contributed by atoms with Gasteiger partial charge in [0, 0.05) is 11.6 Å². The minimum absolute atomic E-state index is 0.101. The van der Waals surface area contributed by atoms with Crippen molar-refractivity contribution >= 4 is 0 Å². The van der Waals surface area contributed by atoms with E-state index in [4.69, 9.17) is 9.84 Å². The van der Waals surface area contributed by atoms with Crippen molar-refractivity contribution in [3.8, 4) is 5.75 Å². The number of aliphatic hydroxyl groups excluding tert-OH is 2. The molecule has 0 fully saturated rings. The second-order valence-corrected chi connectivity index (χ2v) is 3.70. The van der Waals surface area contributed by atoms with E-state index in [1.54, 1.807) is 0 Å². The molecule has 2 atom stereocenters. The van der Waals surface area contributed by atoms with Gasteiger partial charge in [-0.25, -0.2) is 0 Å². The van der Waals surface area contributed by atoms with Crippen LogP contribution in [0.25, 0.3) is 0 Å². The first-order valence-corrected chi connectivity index (χ1v) is 5.37. The third-order valence-corrected chi connectivity index (χ3v) is 2.46. The molecule has 0 radical (unpaired) electrons. The van der Waals surface area contributed by atoms with Gasteiger partial charge in [0.1, 0.15) is 18.5 Å². The molecule has 0 aliphatic carbocycles. The SMILES string of the molecule is CNC(C)c1ccccc1OCC(O)CO. The molecule has 3 N–H and O–H groups in total. The Bertz CT molecular complexity index is 317. The van der Waals surface area contributed by atoms with Gasteiger partial charge in [0.25, 0.3) is 0 Å². The summed E-state index contributed by atoms with van der Waals surface area (Å²) < 4.78 is 5.46. The first kappa shape index (κ1) is 13.0. The summed E-state index contributed by atoms with van der Waals surface area (Å²) in [5.41, 5.74) is 1.04. The minimum atomic E-state index is -0.835. The monoisotopic (exact) mass is 225 g/mol. The molecule has 2 unspecified atom stereocenters. The molecule has 0 amide bonds. The zero-order valence-corrected chi connectivity index (χ0v) is 9.68. The van der Waals surface area contributed by atoms with E-state index in [2.05, 4.69) is 5.32 Å². The number of ether oxygens (including phenoxy) is 1. The van der Waals surface area contributed by atoms with Crippen LogP contribution in [0.1, 0.15) is 18.5 Å². The maximum atomic E-state index is 9.22. The molecule has 0 aliphatic rings. The van der Waals surface area contributed by atoms with E-state index in [0.717, 1.165) is 11.3 Å². The number of hydrogen-bond acceptors (Lipinski definition) is 4. The molecule has 0 heterocycles. The molecule has 0 aromatic heterocycles. The normalized spacial score (nSPS) is 14.5. The summed E-state index contributed by atoms with van der Waals surface area (Å²) in [6.45, 7) is 1.85. The fraction of sp³-hybridized carbons (Fsp3) is 0.500. The maximum absolute atomic E-state index is 9.22. The van der Waals surface area contributed by atoms with Crippen LogP contribution in [0.2, 0.25) is 0 Å². The number of benzene rings is 1. The number of nitrogens with one attached hydrogen (secondary N) is 1. The van der Waals surface area contributed by atoms with Gasteiger partial charge in [-0.05, 0) is 20.0 Å². The van der Waals surface area contributed by atoms with Gasteiger partial charge >= 0.3 is 0 Å². The van der Waals surface area contributed by atoms with Crippen LogP contribution in [0.15, 0.2) is 24.3 Å². The molecule has 1 aromatic rings. The standard InChI is InChI=1S/C12H19NO3/c1-9(13-2)11-5-3-4-6-12(11)16-8-10(15)7-14/h3-6,9-10,13-15H,7-8H2,1-2H3. The molecule has 1 aromatic carbocycles. The van der Waals surface area contributed by atoms with Crippen LogP contribution in [0.4, 0.5) is 0 Å². The van der Waals surface area contributed by atoms with Crippen molar-refractivity contribution < 1.29 is 14.9 Å². The summed E-state index contributed by atoms with van der Waals surface area (Å²) in [5, 5.41) is 21.0. The molecular weight excluding hydrogens is 206 g/mol. The molecule has 0 bridgehead atoms. The third kappa shape index (κ3) is 3.48. The highest BCUT2D eigenvalue weighted by Gasteiger charge is 2.10. The van der Waals surface area contributed by atoms with E-state index in [-0.39, 0.29) is 19.3 Å². The molecule has 4 heteroatoms. The molecule has 90 valence electrons. The molecule has 16 heavy (non-hydrogen) atoms. The van der Waals surface area contributed by atoms with Crippen molar-refractivity contribution in [2.75, 3.05) is 20.3 Å². The average molecular weight is 225 g/mol. The molecule has 1 rings (SSSR count). The Hall–Kier alpha value is -1.10. The van der Waals surface area contributed by atoms with Crippen LogP contribution in [-0.4, -0.2) is 36.6 Å². The lowest BCUT2D eigenvalue weighted by atomic mass is 10.1. The summed E-state index contributed by atoms with van der Waals surface area (Å²) in [6.07, 6.45) is -0.835. The van der Waals surface area contributed by atoms with Crippen LogP contribution in [0.3, 0.4) is 0 Å². The summed E-state index contributed by atoms with van der Waals surface area (Å²) in [5.74, 6) is 0.733. The number of hydrogen-bond donors (Lipinski definition) is 3. The average Bonchev–Trinajstić information content (AvgIpc) is 2.35. The smallest absolute Gasteiger partial charge is 0.124 e. The molecular formula is C12H19NO3. The Labute approximate surface area is 95.9 Å². The molecule has 0 saturated heterocycles. The lowest BCUT2D eigenvalue weighted by Crippen LogP contribution is -2.22. The highest BCUT2D eigenvalue weighted by molar-refractivity contribution is 5.35. The predicted octanol–water partition coefficient (Wildman–Crippen LogP) is 0.699. The van der Waals surface area contributed by atoms with E-state index < -0.39 is 6.10 Å². The quantitative estimate of drug-likeness (QED) is 0.667. The second kappa shape index (κ2) is 6.48. The van der Waals surface area contributed by atoms with E-state index in [0.29, 0.717) is 0 Å². The van der Waals surface area contributed by atoms with E-state index >= 15 is 0 Å². The number of rotatable bonds is 6. The fourth-order valence-electron chi connectivity index (χ4n) is 1.36. The Morgan fingerprint density at radius 2 is 2.06 bits per heavy atom. The Morgan fingerprint density at radius 3 is 2.69 bits per heavy atom. The summed E-state index contributed by atoms with van der Waals surface area (Å²) in [7, 11) is 1.88. The van der Waals surface area contributed by atoms with Crippen LogP contribution >= 0.6 is 0 Å². The summed E-state index contributed by atoms with van der Waals surface area (Å²) in [6, 6.07) is 7.84. The summed E-state index contributed by atoms with van der Waals surface area (Å²) >= 11 is 0. The van der Waals surface area contributed by atoms with Crippen LogP contribution in [0, 0.1) is 0 Å². The van der Waals surface area contributed by atoms with E-state index in [1.807, 2.05) is 38.2 Å². The second-order valence-electron chi connectivity index (χ2n) is 3.70. The Morgan fingerprint density at radius 1 is 1.38 bits per heavy atom. The fourth-order valence-corrected chi connectivity index (χ4v) is 1.36. The van der Waals surface area contributed by atoms with Crippen molar-refractivity contribution in [3.05, 3.63) is 29.8 Å². The lowest BCUT2D eigenvalue weighted by Gasteiger charge is -2.17. The van der Waals surface area contributed by atoms with Gasteiger partial charge in [-0.2, -0.15) is 0 Å². The van der Waals surface area contributed by atoms with Crippen molar-refractivity contribution in [2.45, 2.75) is 19.1 Å². The number of para-hydroxylation sites is 1. The topological polar surface area (TPSA) is 61.7 Å². The van der Waals surface area contributed by atoms with Gasteiger partial charge in [-0.1, -0.05) is 18.2 Å². The first-order valence-electron chi connectivity index (χ1n) is 5.37. The highest BCUT2D eigenvalue weighted by atomic mass is 16.5. The zero-order chi connectivity index (χ0) is 12.0. The zero-order valence-electron chi connectivity index (χ0n) is 9.68. The molecule has 4 nitrogen and oxygen atoms in total. The van der Waals surface area contributed by atoms with Gasteiger partial charge in [0.2, 0.25) is 0 Å². The molecule has 0 aliphatic heterocycles. The lowest BCUT2D eigenvalue weighted by molar-refractivity contribution is 0.0531. The van der Waals surface area contributed by atoms with Crippen molar-refractivity contribution in [1.82, 2.24) is 5.32 Å². The van der Waals surface area contributed by atoms with Crippen molar-refractivity contribution in [2.24, 2.45) is 0 Å². The van der Waals surface area contributed by atoms with Crippen molar-refractivity contribution in [3.63, 3.8) is 0 Å². The predicted molar refractivity (Wildman–Crippen MR) is 62.5 cm³/mol. The van der Waals surface area contributed by atoms with Crippen LogP contribution in [0.5, 0.6) is 5.75 Å². The summed E-state index contributed by atoms with van der Waals surface area (Å²) in [4.78, 5) is 0. The van der Waals surface area contributed by atoms with E-state index in [9.17, 15) is 5.11 Å². The molecule has 0 saturated carbocycles. The van der Waals surface area contributed by atoms with Crippen LogP contribution < -0.4 is 10.1 Å². The largest absolute Gasteiger partial charge is 0.490 e. The van der Waals surface area contributed by atoms with Crippen LogP contribution in [-0.2, 0) is 0 Å². The first-order chi connectivity index (χ1) is 7.69.